The number of likely N-dealkylation sites (tertiary alicyclic amines) is 1. The number of hydrogen-bond acceptors (Lipinski definition) is 2. The molecule has 3 rings (SSSR count). The number of rotatable bonds is 6. The van der Waals surface area contributed by atoms with Gasteiger partial charge in [0, 0.05) is 31.7 Å². The van der Waals surface area contributed by atoms with Crippen LogP contribution in [0.2, 0.25) is 0 Å². The van der Waals surface area contributed by atoms with Crippen LogP contribution in [0.15, 0.2) is 61.2 Å². The summed E-state index contributed by atoms with van der Waals surface area (Å²) in [6, 6.07) is 18.6. The molecule has 3 heteroatoms. The van der Waals surface area contributed by atoms with Gasteiger partial charge in [-0.2, -0.15) is 0 Å². The van der Waals surface area contributed by atoms with E-state index in [9.17, 15) is 4.79 Å². The molecule has 1 amide bonds. The Bertz CT molecular complexity index is 724. The van der Waals surface area contributed by atoms with Gasteiger partial charge in [0.05, 0.1) is 0 Å². The second-order valence-electron chi connectivity index (χ2n) is 7.07. The van der Waals surface area contributed by atoms with E-state index in [4.69, 9.17) is 0 Å². The number of amides is 1. The van der Waals surface area contributed by atoms with E-state index in [2.05, 4.69) is 41.8 Å². The topological polar surface area (TPSA) is 23.6 Å². The maximum Gasteiger partial charge on any atom is 0.253 e. The van der Waals surface area contributed by atoms with Gasteiger partial charge in [0.15, 0.2) is 0 Å². The second kappa shape index (κ2) is 8.81. The molecule has 0 saturated carbocycles. The molecule has 0 radical (unpaired) electrons. The Morgan fingerprint density at radius 1 is 1.19 bits per heavy atom. The summed E-state index contributed by atoms with van der Waals surface area (Å²) < 4.78 is 0. The van der Waals surface area contributed by atoms with Crippen molar-refractivity contribution in [3.8, 4) is 0 Å². The largest absolute Gasteiger partial charge is 0.337 e. The Kier molecular flexibility index (Phi) is 6.24. The molecular weight excluding hydrogens is 320 g/mol. The van der Waals surface area contributed by atoms with Crippen LogP contribution in [0.1, 0.15) is 34.3 Å². The number of carbonyl (C=O) groups excluding carboxylic acids is 1. The molecule has 0 aromatic heterocycles. The summed E-state index contributed by atoms with van der Waals surface area (Å²) >= 11 is 0. The summed E-state index contributed by atoms with van der Waals surface area (Å²) in [5.41, 5.74) is 3.16. The average Bonchev–Trinajstić information content (AvgIpc) is 2.72. The van der Waals surface area contributed by atoms with E-state index in [0.29, 0.717) is 0 Å². The Hall–Kier alpha value is -2.39. The molecule has 2 aromatic rings. The van der Waals surface area contributed by atoms with Crippen molar-refractivity contribution in [1.29, 1.82) is 0 Å². The molecule has 2 aromatic carbocycles. The van der Waals surface area contributed by atoms with Crippen molar-refractivity contribution in [1.82, 2.24) is 9.80 Å². The third-order valence-electron chi connectivity index (χ3n) is 5.30. The summed E-state index contributed by atoms with van der Waals surface area (Å²) in [5, 5.41) is 0. The standard InChI is InChI=1S/C23H28N2O/c1-3-19-11-13-21(14-12-19)23(26)24(2)22-10-7-16-25(18-22)17-15-20-8-5-4-6-9-20/h3-6,8-9,11-14,22H,1,7,10,15-18H2,2H3/t22-/m0/s1. The summed E-state index contributed by atoms with van der Waals surface area (Å²) in [4.78, 5) is 17.2. The Balaban J connectivity index is 1.57. The van der Waals surface area contributed by atoms with Gasteiger partial charge in [-0.25, -0.2) is 0 Å². The van der Waals surface area contributed by atoms with Gasteiger partial charge >= 0.3 is 0 Å². The SMILES string of the molecule is C=Cc1ccc(C(=O)N(C)[C@H]2CCCN(CCc3ccccc3)C2)cc1. The van der Waals surface area contributed by atoms with Crippen LogP contribution in [0.4, 0.5) is 0 Å². The lowest BCUT2D eigenvalue weighted by Crippen LogP contribution is -2.48. The van der Waals surface area contributed by atoms with Crippen molar-refractivity contribution in [3.05, 3.63) is 77.9 Å². The molecule has 0 N–H and O–H groups in total. The van der Waals surface area contributed by atoms with E-state index in [1.54, 1.807) is 6.08 Å². The number of carbonyl (C=O) groups is 1. The number of benzene rings is 2. The van der Waals surface area contributed by atoms with Crippen molar-refractivity contribution in [2.24, 2.45) is 0 Å². The predicted octanol–water partition coefficient (Wildman–Crippen LogP) is 4.11. The molecule has 0 unspecified atom stereocenters. The molecule has 1 aliphatic rings. The molecule has 0 aliphatic carbocycles. The fourth-order valence-electron chi connectivity index (χ4n) is 3.61. The van der Waals surface area contributed by atoms with E-state index < -0.39 is 0 Å². The van der Waals surface area contributed by atoms with E-state index in [0.717, 1.165) is 50.0 Å². The van der Waals surface area contributed by atoms with E-state index >= 15 is 0 Å². The van der Waals surface area contributed by atoms with Gasteiger partial charge in [-0.15, -0.1) is 0 Å². The van der Waals surface area contributed by atoms with Crippen molar-refractivity contribution >= 4 is 12.0 Å². The lowest BCUT2D eigenvalue weighted by Gasteiger charge is -2.37. The summed E-state index contributed by atoms with van der Waals surface area (Å²) in [6.07, 6.45) is 5.08. The van der Waals surface area contributed by atoms with Crippen molar-refractivity contribution in [2.45, 2.75) is 25.3 Å². The maximum atomic E-state index is 12.8. The van der Waals surface area contributed by atoms with Gasteiger partial charge in [0.1, 0.15) is 0 Å². The predicted molar refractivity (Wildman–Crippen MR) is 108 cm³/mol. The van der Waals surface area contributed by atoms with Gasteiger partial charge in [0.2, 0.25) is 0 Å². The van der Waals surface area contributed by atoms with Crippen LogP contribution >= 0.6 is 0 Å². The van der Waals surface area contributed by atoms with Crippen LogP contribution in [0.5, 0.6) is 0 Å². The lowest BCUT2D eigenvalue weighted by molar-refractivity contribution is 0.0619. The highest BCUT2D eigenvalue weighted by molar-refractivity contribution is 5.94. The summed E-state index contributed by atoms with van der Waals surface area (Å²) in [5.74, 6) is 0.107. The molecular formula is C23H28N2O. The number of likely N-dealkylation sites (N-methyl/N-ethyl adjacent to an activating group) is 1. The average molecular weight is 348 g/mol. The van der Waals surface area contributed by atoms with Gasteiger partial charge < -0.3 is 9.80 Å². The minimum Gasteiger partial charge on any atom is -0.337 e. The molecule has 136 valence electrons. The summed E-state index contributed by atoms with van der Waals surface area (Å²) in [6.45, 7) is 6.90. The number of nitrogens with zero attached hydrogens (tertiary/aromatic N) is 2. The zero-order chi connectivity index (χ0) is 18.4. The van der Waals surface area contributed by atoms with Gasteiger partial charge in [0.25, 0.3) is 5.91 Å². The fourth-order valence-corrected chi connectivity index (χ4v) is 3.61. The highest BCUT2D eigenvalue weighted by Gasteiger charge is 2.26. The zero-order valence-electron chi connectivity index (χ0n) is 15.6. The first-order valence-corrected chi connectivity index (χ1v) is 9.43. The molecule has 0 spiro atoms. The molecule has 26 heavy (non-hydrogen) atoms. The Morgan fingerprint density at radius 3 is 2.62 bits per heavy atom. The monoisotopic (exact) mass is 348 g/mol. The molecule has 1 heterocycles. The molecule has 1 atom stereocenters. The fraction of sp³-hybridized carbons (Fsp3) is 0.348. The number of hydrogen-bond donors (Lipinski definition) is 0. The molecule has 1 aliphatic heterocycles. The van der Waals surface area contributed by atoms with Crippen LogP contribution in [0.3, 0.4) is 0 Å². The van der Waals surface area contributed by atoms with E-state index in [-0.39, 0.29) is 11.9 Å². The molecule has 1 fully saturated rings. The van der Waals surface area contributed by atoms with Crippen molar-refractivity contribution in [2.75, 3.05) is 26.7 Å². The quantitative estimate of drug-likeness (QED) is 0.784. The Morgan fingerprint density at radius 2 is 1.92 bits per heavy atom. The highest BCUT2D eigenvalue weighted by atomic mass is 16.2. The van der Waals surface area contributed by atoms with Crippen LogP contribution in [-0.2, 0) is 6.42 Å². The van der Waals surface area contributed by atoms with Crippen LogP contribution < -0.4 is 0 Å². The van der Waals surface area contributed by atoms with Crippen molar-refractivity contribution < 1.29 is 4.79 Å². The Labute approximate surface area is 156 Å². The first kappa shape index (κ1) is 18.4. The smallest absolute Gasteiger partial charge is 0.253 e. The minimum absolute atomic E-state index is 0.107. The highest BCUT2D eigenvalue weighted by Crippen LogP contribution is 2.18. The van der Waals surface area contributed by atoms with Crippen LogP contribution in [0, 0.1) is 0 Å². The molecule has 3 nitrogen and oxygen atoms in total. The van der Waals surface area contributed by atoms with Crippen molar-refractivity contribution in [3.63, 3.8) is 0 Å². The summed E-state index contributed by atoms with van der Waals surface area (Å²) in [7, 11) is 1.94. The lowest BCUT2D eigenvalue weighted by atomic mass is 10.0. The number of piperidine rings is 1. The van der Waals surface area contributed by atoms with Crippen LogP contribution in [0.25, 0.3) is 6.08 Å². The molecule has 0 bridgehead atoms. The third kappa shape index (κ3) is 4.61. The first-order valence-electron chi connectivity index (χ1n) is 9.43. The van der Waals surface area contributed by atoms with E-state index in [1.165, 1.54) is 5.56 Å². The van der Waals surface area contributed by atoms with Gasteiger partial charge in [-0.05, 0) is 49.1 Å². The third-order valence-corrected chi connectivity index (χ3v) is 5.30. The van der Waals surface area contributed by atoms with Gasteiger partial charge in [-0.1, -0.05) is 55.1 Å². The first-order chi connectivity index (χ1) is 12.7. The van der Waals surface area contributed by atoms with Gasteiger partial charge in [-0.3, -0.25) is 4.79 Å². The van der Waals surface area contributed by atoms with E-state index in [1.807, 2.05) is 36.2 Å². The van der Waals surface area contributed by atoms with Crippen LogP contribution in [-0.4, -0.2) is 48.4 Å². The normalized spacial score (nSPS) is 17.7. The maximum absolute atomic E-state index is 12.8. The molecule has 1 saturated heterocycles. The minimum atomic E-state index is 0.107. The second-order valence-corrected chi connectivity index (χ2v) is 7.07. The zero-order valence-corrected chi connectivity index (χ0v) is 15.6.